The van der Waals surface area contributed by atoms with Crippen LogP contribution >= 0.6 is 11.8 Å². The molecule has 0 saturated carbocycles. The lowest BCUT2D eigenvalue weighted by Crippen LogP contribution is -2.45. The van der Waals surface area contributed by atoms with Crippen molar-refractivity contribution in [3.8, 4) is 0 Å². The number of hydrogen-bond donors (Lipinski definition) is 0. The Hall–Kier alpha value is -3.14. The molecule has 0 aliphatic carbocycles. The number of para-hydroxylation sites is 1. The number of rotatable bonds is 9. The number of carbonyl (C=O) groups is 3. The summed E-state index contributed by atoms with van der Waals surface area (Å²) in [6.07, 6.45) is 3.40. The smallest absolute Gasteiger partial charge is 0.162 e. The normalized spacial score (nSPS) is 15.5. The van der Waals surface area contributed by atoms with E-state index in [9.17, 15) is 24.6 Å². The molecule has 0 N–H and O–H groups in total. The average molecular weight is 524 g/mol. The van der Waals surface area contributed by atoms with E-state index in [4.69, 9.17) is 0 Å². The molecule has 1 saturated heterocycles. The summed E-state index contributed by atoms with van der Waals surface area (Å²) >= 11 is 1.81. The molecular formula is C28H33N3O5S-2. The van der Waals surface area contributed by atoms with E-state index >= 15 is 0 Å². The number of hydrogen-bond acceptors (Lipinski definition) is 9. The first-order valence-electron chi connectivity index (χ1n) is 12.5. The van der Waals surface area contributed by atoms with Gasteiger partial charge in [0.1, 0.15) is 0 Å². The van der Waals surface area contributed by atoms with Gasteiger partial charge in [0.25, 0.3) is 0 Å². The number of benzene rings is 2. The first-order valence-corrected chi connectivity index (χ1v) is 13.3. The minimum Gasteiger partial charge on any atom is -0.545 e. The predicted molar refractivity (Wildman–Crippen MR) is 141 cm³/mol. The van der Waals surface area contributed by atoms with Gasteiger partial charge < -0.3 is 34.5 Å². The molecule has 8 nitrogen and oxygen atoms in total. The zero-order valence-corrected chi connectivity index (χ0v) is 22.2. The Kier molecular flexibility index (Phi) is 10.7. The van der Waals surface area contributed by atoms with Gasteiger partial charge in [-0.1, -0.05) is 36.9 Å². The Balaban J connectivity index is 0.000000414. The van der Waals surface area contributed by atoms with Gasteiger partial charge in [0.05, 0.1) is 23.3 Å². The van der Waals surface area contributed by atoms with Crippen LogP contribution in [0.3, 0.4) is 0 Å². The lowest BCUT2D eigenvalue weighted by Gasteiger charge is -2.35. The van der Waals surface area contributed by atoms with Crippen LogP contribution in [0.4, 0.5) is 11.4 Å². The minimum absolute atomic E-state index is 0.247. The topological polar surface area (TPSA) is 107 Å². The maximum Gasteiger partial charge on any atom is 0.162 e. The van der Waals surface area contributed by atoms with Gasteiger partial charge in [-0.15, -0.1) is 0 Å². The molecule has 0 atom stereocenters. The van der Waals surface area contributed by atoms with Gasteiger partial charge in [0.2, 0.25) is 0 Å². The third-order valence-corrected chi connectivity index (χ3v) is 7.36. The fourth-order valence-electron chi connectivity index (χ4n) is 4.28. The van der Waals surface area contributed by atoms with Crippen molar-refractivity contribution in [2.45, 2.75) is 36.0 Å². The number of nitrogens with zero attached hydrogens (tertiary/aromatic N) is 3. The molecule has 1 fully saturated rings. The molecule has 0 radical (unpaired) electrons. The number of carboxylic acids is 2. The van der Waals surface area contributed by atoms with Crippen molar-refractivity contribution in [2.24, 2.45) is 0 Å². The van der Waals surface area contributed by atoms with E-state index in [0.29, 0.717) is 18.6 Å². The van der Waals surface area contributed by atoms with E-state index in [1.165, 1.54) is 21.2 Å². The number of piperazine rings is 1. The van der Waals surface area contributed by atoms with Crippen LogP contribution in [0.15, 0.2) is 64.4 Å². The zero-order valence-electron chi connectivity index (χ0n) is 21.4. The van der Waals surface area contributed by atoms with E-state index in [1.807, 2.05) is 17.8 Å². The fraction of sp³-hybridized carbons (Fsp3) is 0.393. The van der Waals surface area contributed by atoms with Gasteiger partial charge in [-0.3, -0.25) is 4.79 Å². The second kappa shape index (κ2) is 14.0. The van der Waals surface area contributed by atoms with Gasteiger partial charge in [-0.05, 0) is 62.9 Å². The van der Waals surface area contributed by atoms with E-state index in [2.05, 4.69) is 65.1 Å². The molecular weight excluding hydrogens is 490 g/mol. The van der Waals surface area contributed by atoms with Crippen LogP contribution in [0, 0.1) is 0 Å². The fourth-order valence-corrected chi connectivity index (χ4v) is 5.35. The second-order valence-electron chi connectivity index (χ2n) is 9.05. The number of ketones is 1. The summed E-state index contributed by atoms with van der Waals surface area (Å²) in [5.41, 5.74) is 3.30. The Bertz CT molecular complexity index is 1110. The van der Waals surface area contributed by atoms with Crippen LogP contribution in [0.1, 0.15) is 36.5 Å². The number of likely N-dealkylation sites (N-methyl/N-ethyl adjacent to an activating group) is 1. The zero-order chi connectivity index (χ0) is 26.8. The largest absolute Gasteiger partial charge is 0.545 e. The number of aliphatic carboxylic acids is 2. The molecule has 2 aliphatic rings. The molecule has 2 aromatic rings. The van der Waals surface area contributed by atoms with E-state index in [-0.39, 0.29) is 5.78 Å². The van der Waals surface area contributed by atoms with Crippen molar-refractivity contribution in [1.82, 2.24) is 9.80 Å². The van der Waals surface area contributed by atoms with E-state index in [1.54, 1.807) is 0 Å². The second-order valence-corrected chi connectivity index (χ2v) is 10.1. The Morgan fingerprint density at radius 2 is 1.54 bits per heavy atom. The third-order valence-electron chi connectivity index (χ3n) is 6.23. The predicted octanol–water partition coefficient (Wildman–Crippen LogP) is 1.95. The van der Waals surface area contributed by atoms with Crippen molar-refractivity contribution in [1.29, 1.82) is 0 Å². The van der Waals surface area contributed by atoms with E-state index < -0.39 is 11.9 Å². The maximum atomic E-state index is 12.5. The number of carboxylic acid groups (broad SMARTS) is 2. The number of anilines is 2. The number of carbonyl (C=O) groups excluding carboxylic acids is 3. The standard InChI is InChI=1S/C24H31N3OS.C4H4O4/c1-3-7-22(28)19-10-11-24-21(18-19)27(20-8-4-5-9-23(20)29-24)13-6-12-26-16-14-25(2)15-17-26;5-3(6)1-2-4(7)8/h4-5,8-11,18H,3,6-7,12-17H2,1-2H3;1-2H,(H,5,6)(H,7,8)/p-2/b;2-1-. The van der Waals surface area contributed by atoms with Gasteiger partial charge in [-0.2, -0.15) is 0 Å². The average Bonchev–Trinajstić information content (AvgIpc) is 2.88. The van der Waals surface area contributed by atoms with E-state index in [0.717, 1.165) is 57.7 Å². The van der Waals surface area contributed by atoms with Crippen molar-refractivity contribution in [2.75, 3.05) is 51.2 Å². The molecule has 0 spiro atoms. The summed E-state index contributed by atoms with van der Waals surface area (Å²) in [7, 11) is 2.20. The summed E-state index contributed by atoms with van der Waals surface area (Å²) in [5, 5.41) is 18.8. The lowest BCUT2D eigenvalue weighted by atomic mass is 10.1. The Labute approximate surface area is 222 Å². The van der Waals surface area contributed by atoms with Gasteiger partial charge in [-0.25, -0.2) is 0 Å². The summed E-state index contributed by atoms with van der Waals surface area (Å²) in [6.45, 7) is 8.81. The molecule has 2 heterocycles. The first-order chi connectivity index (χ1) is 17.8. The molecule has 0 amide bonds. The van der Waals surface area contributed by atoms with Crippen LogP contribution < -0.4 is 15.1 Å². The van der Waals surface area contributed by atoms with Gasteiger partial charge in [0, 0.05) is 54.5 Å². The van der Waals surface area contributed by atoms with Gasteiger partial charge >= 0.3 is 0 Å². The quantitative estimate of drug-likeness (QED) is 0.360. The van der Waals surface area contributed by atoms with Crippen molar-refractivity contribution in [3.05, 3.63) is 60.2 Å². The molecule has 2 aromatic carbocycles. The molecule has 2 aliphatic heterocycles. The van der Waals surface area contributed by atoms with Crippen LogP contribution in [0.2, 0.25) is 0 Å². The van der Waals surface area contributed by atoms with Crippen LogP contribution in [-0.2, 0) is 9.59 Å². The highest BCUT2D eigenvalue weighted by Gasteiger charge is 2.24. The maximum absolute atomic E-state index is 12.5. The first kappa shape index (κ1) is 28.4. The Morgan fingerprint density at radius 1 is 0.892 bits per heavy atom. The highest BCUT2D eigenvalue weighted by atomic mass is 32.2. The molecule has 37 heavy (non-hydrogen) atoms. The highest BCUT2D eigenvalue weighted by molar-refractivity contribution is 7.99. The molecule has 0 bridgehead atoms. The highest BCUT2D eigenvalue weighted by Crippen LogP contribution is 2.48. The number of Topliss-reactive ketones (excluding diaryl/α,β-unsaturated/α-hetero) is 1. The third kappa shape index (κ3) is 8.45. The summed E-state index contributed by atoms with van der Waals surface area (Å²) in [6, 6.07) is 14.9. The van der Waals surface area contributed by atoms with Crippen molar-refractivity contribution in [3.63, 3.8) is 0 Å². The minimum atomic E-state index is -1.55. The monoisotopic (exact) mass is 523 g/mol. The Morgan fingerprint density at radius 3 is 2.19 bits per heavy atom. The lowest BCUT2D eigenvalue weighted by molar-refractivity contribution is -0.301. The number of fused-ring (bicyclic) bond motifs is 2. The molecule has 4 rings (SSSR count). The summed E-state index contributed by atoms with van der Waals surface area (Å²) in [5.74, 6) is -2.85. The van der Waals surface area contributed by atoms with Crippen molar-refractivity contribution < 1.29 is 24.6 Å². The van der Waals surface area contributed by atoms with Crippen LogP contribution in [0.25, 0.3) is 0 Å². The molecule has 198 valence electrons. The molecule has 9 heteroatoms. The molecule has 0 aromatic heterocycles. The summed E-state index contributed by atoms with van der Waals surface area (Å²) < 4.78 is 0. The van der Waals surface area contributed by atoms with Crippen LogP contribution in [-0.4, -0.2) is 73.8 Å². The molecule has 0 unspecified atom stereocenters. The SMILES string of the molecule is CCCC(=O)c1ccc2c(c1)N(CCCN1CCN(C)CC1)c1ccccc1S2.O=C([O-])/C=C\C(=O)[O-]. The van der Waals surface area contributed by atoms with Gasteiger partial charge in [0.15, 0.2) is 5.78 Å². The summed E-state index contributed by atoms with van der Waals surface area (Å²) in [4.78, 5) is 41.3. The van der Waals surface area contributed by atoms with Crippen LogP contribution in [0.5, 0.6) is 0 Å². The van der Waals surface area contributed by atoms with Crippen molar-refractivity contribution >= 4 is 40.9 Å².